The summed E-state index contributed by atoms with van der Waals surface area (Å²) in [5.74, 6) is 0. The topological polar surface area (TPSA) is 25.8 Å². The van der Waals surface area contributed by atoms with Gasteiger partial charge in [-0.05, 0) is 35.0 Å². The number of thiophene rings is 2. The predicted molar refractivity (Wildman–Crippen MR) is 73.2 cm³/mol. The lowest BCUT2D eigenvalue weighted by molar-refractivity contribution is 1.20. The van der Waals surface area contributed by atoms with Gasteiger partial charge in [-0.1, -0.05) is 0 Å². The smallest absolute Gasteiger partial charge is 0.128 e. The monoisotopic (exact) mass is 310 g/mol. The Kier molecular flexibility index (Phi) is 2.53. The Hall–Kier alpha value is -0.780. The lowest BCUT2D eigenvalue weighted by atomic mass is 10.2. The largest absolute Gasteiger partial charge is 0.229 e. The van der Waals surface area contributed by atoms with Crippen LogP contribution in [0.2, 0.25) is 0 Å². The summed E-state index contributed by atoms with van der Waals surface area (Å²) in [4.78, 5) is 12.1. The third-order valence-electron chi connectivity index (χ3n) is 2.33. The fourth-order valence-electron chi connectivity index (χ4n) is 1.60. The van der Waals surface area contributed by atoms with Gasteiger partial charge in [0.05, 0.1) is 5.39 Å². The van der Waals surface area contributed by atoms with E-state index in [4.69, 9.17) is 0 Å². The van der Waals surface area contributed by atoms with Crippen molar-refractivity contribution in [3.63, 3.8) is 0 Å². The minimum Gasteiger partial charge on any atom is -0.229 e. The Morgan fingerprint density at radius 3 is 2.88 bits per heavy atom. The molecule has 0 bridgehead atoms. The number of hydrogen-bond donors (Lipinski definition) is 0. The van der Waals surface area contributed by atoms with Crippen LogP contribution in [0.4, 0.5) is 0 Å². The van der Waals surface area contributed by atoms with Crippen LogP contribution in [0.5, 0.6) is 0 Å². The van der Waals surface area contributed by atoms with E-state index in [-0.39, 0.29) is 0 Å². The van der Waals surface area contributed by atoms with Crippen LogP contribution in [0, 0.1) is 6.92 Å². The average Bonchev–Trinajstić information content (AvgIpc) is 2.84. The molecule has 0 atom stereocenters. The molecule has 0 aliphatic heterocycles. The summed E-state index contributed by atoms with van der Waals surface area (Å²) in [6, 6.07) is 4.29. The molecule has 3 rings (SSSR count). The van der Waals surface area contributed by atoms with Gasteiger partial charge in [-0.15, -0.1) is 22.7 Å². The first kappa shape index (κ1) is 10.4. The van der Waals surface area contributed by atoms with Crippen molar-refractivity contribution >= 4 is 48.8 Å². The molecule has 0 saturated heterocycles. The van der Waals surface area contributed by atoms with E-state index in [0.29, 0.717) is 0 Å². The van der Waals surface area contributed by atoms with Gasteiger partial charge in [-0.2, -0.15) is 0 Å². The molecule has 0 radical (unpaired) electrons. The van der Waals surface area contributed by atoms with E-state index in [2.05, 4.69) is 50.3 Å². The normalized spacial score (nSPS) is 11.1. The van der Waals surface area contributed by atoms with Gasteiger partial charge in [0.25, 0.3) is 0 Å². The Bertz CT molecular complexity index is 657. The van der Waals surface area contributed by atoms with Crippen molar-refractivity contribution in [1.29, 1.82) is 0 Å². The van der Waals surface area contributed by atoms with Gasteiger partial charge >= 0.3 is 0 Å². The first-order valence-corrected chi connectivity index (χ1v) is 7.19. The maximum atomic E-state index is 4.28. The fraction of sp³-hybridized carbons (Fsp3) is 0.0909. The molecule has 5 heteroatoms. The number of aromatic nitrogens is 2. The zero-order chi connectivity index (χ0) is 11.1. The van der Waals surface area contributed by atoms with E-state index >= 15 is 0 Å². The predicted octanol–water partition coefficient (Wildman–Crippen LogP) is 4.49. The van der Waals surface area contributed by atoms with E-state index in [1.165, 1.54) is 15.3 Å². The second-order valence-electron chi connectivity index (χ2n) is 3.40. The first-order chi connectivity index (χ1) is 7.75. The van der Waals surface area contributed by atoms with Gasteiger partial charge in [0.1, 0.15) is 15.8 Å². The minimum absolute atomic E-state index is 0.875. The molecule has 3 aromatic rings. The Morgan fingerprint density at radius 1 is 1.25 bits per heavy atom. The van der Waals surface area contributed by atoms with Crippen LogP contribution < -0.4 is 0 Å². The van der Waals surface area contributed by atoms with Gasteiger partial charge in [-0.25, -0.2) is 9.97 Å². The van der Waals surface area contributed by atoms with Gasteiger partial charge in [-0.3, -0.25) is 0 Å². The molecular formula is C11H7BrN2S2. The molecule has 3 aromatic heterocycles. The SMILES string of the molecule is Cc1ccc(-c2csc3ncnc(Br)c23)s1. The molecule has 0 aliphatic carbocycles. The lowest BCUT2D eigenvalue weighted by Gasteiger charge is -1.96. The van der Waals surface area contributed by atoms with Crippen molar-refractivity contribution in [3.8, 4) is 10.4 Å². The van der Waals surface area contributed by atoms with Crippen LogP contribution in [-0.2, 0) is 0 Å². The van der Waals surface area contributed by atoms with Crippen LogP contribution in [0.15, 0.2) is 28.4 Å². The van der Waals surface area contributed by atoms with Gasteiger partial charge < -0.3 is 0 Å². The van der Waals surface area contributed by atoms with E-state index in [9.17, 15) is 0 Å². The third-order valence-corrected chi connectivity index (χ3v) is 4.85. The third kappa shape index (κ3) is 1.59. The Balaban J connectivity index is 2.32. The number of aryl methyl sites for hydroxylation is 1. The second-order valence-corrected chi connectivity index (χ2v) is 6.30. The summed E-state index contributed by atoms with van der Waals surface area (Å²) in [5, 5.41) is 3.27. The van der Waals surface area contributed by atoms with Gasteiger partial charge in [0.15, 0.2) is 0 Å². The zero-order valence-corrected chi connectivity index (χ0v) is 11.6. The van der Waals surface area contributed by atoms with E-state index < -0.39 is 0 Å². The van der Waals surface area contributed by atoms with Crippen molar-refractivity contribution in [3.05, 3.63) is 33.3 Å². The number of nitrogens with zero attached hydrogens (tertiary/aromatic N) is 2. The summed E-state index contributed by atoms with van der Waals surface area (Å²) in [5.41, 5.74) is 1.23. The highest BCUT2D eigenvalue weighted by Gasteiger charge is 2.12. The Labute approximate surface area is 109 Å². The van der Waals surface area contributed by atoms with E-state index in [1.54, 1.807) is 29.0 Å². The fourth-order valence-corrected chi connectivity index (χ4v) is 4.09. The molecule has 0 N–H and O–H groups in total. The van der Waals surface area contributed by atoms with Crippen LogP contribution in [-0.4, -0.2) is 9.97 Å². The molecule has 0 unspecified atom stereocenters. The highest BCUT2D eigenvalue weighted by Crippen LogP contribution is 2.38. The van der Waals surface area contributed by atoms with Crippen molar-refractivity contribution in [2.24, 2.45) is 0 Å². The maximum Gasteiger partial charge on any atom is 0.128 e. The Morgan fingerprint density at radius 2 is 2.12 bits per heavy atom. The highest BCUT2D eigenvalue weighted by atomic mass is 79.9. The van der Waals surface area contributed by atoms with Crippen LogP contribution >= 0.6 is 38.6 Å². The zero-order valence-electron chi connectivity index (χ0n) is 8.40. The van der Waals surface area contributed by atoms with Crippen molar-refractivity contribution in [2.45, 2.75) is 6.92 Å². The molecule has 0 aliphatic rings. The molecule has 80 valence electrons. The summed E-state index contributed by atoms with van der Waals surface area (Å²) in [6.07, 6.45) is 1.59. The van der Waals surface area contributed by atoms with Crippen LogP contribution in [0.1, 0.15) is 4.88 Å². The average molecular weight is 311 g/mol. The summed E-state index contributed by atoms with van der Waals surface area (Å²) in [7, 11) is 0. The lowest BCUT2D eigenvalue weighted by Crippen LogP contribution is -1.80. The van der Waals surface area contributed by atoms with Gasteiger partial charge in [0.2, 0.25) is 0 Å². The second kappa shape index (κ2) is 3.91. The molecule has 0 aromatic carbocycles. The molecule has 3 heterocycles. The van der Waals surface area contributed by atoms with E-state index in [0.717, 1.165) is 14.8 Å². The molecule has 0 fully saturated rings. The van der Waals surface area contributed by atoms with Crippen LogP contribution in [0.25, 0.3) is 20.7 Å². The van der Waals surface area contributed by atoms with E-state index in [1.807, 2.05) is 0 Å². The first-order valence-electron chi connectivity index (χ1n) is 4.70. The number of fused-ring (bicyclic) bond motifs is 1. The highest BCUT2D eigenvalue weighted by molar-refractivity contribution is 9.10. The molecule has 2 nitrogen and oxygen atoms in total. The minimum atomic E-state index is 0.875. The summed E-state index contributed by atoms with van der Waals surface area (Å²) in [6.45, 7) is 2.12. The van der Waals surface area contributed by atoms with Crippen molar-refractivity contribution in [2.75, 3.05) is 0 Å². The summed E-state index contributed by atoms with van der Waals surface area (Å²) >= 11 is 6.95. The summed E-state index contributed by atoms with van der Waals surface area (Å²) < 4.78 is 0.875. The molecule has 0 amide bonds. The standard InChI is InChI=1S/C11H7BrN2S2/c1-6-2-3-8(16-6)7-4-15-11-9(7)10(12)13-5-14-11/h2-5H,1H3. The molecule has 0 saturated carbocycles. The van der Waals surface area contributed by atoms with Crippen molar-refractivity contribution in [1.82, 2.24) is 9.97 Å². The van der Waals surface area contributed by atoms with Crippen molar-refractivity contribution < 1.29 is 0 Å². The van der Waals surface area contributed by atoms with Crippen LogP contribution in [0.3, 0.4) is 0 Å². The van der Waals surface area contributed by atoms with Gasteiger partial charge in [0, 0.05) is 20.7 Å². The number of halogens is 1. The molecular weight excluding hydrogens is 304 g/mol. The number of hydrogen-bond acceptors (Lipinski definition) is 4. The quantitative estimate of drug-likeness (QED) is 0.619. The molecule has 0 spiro atoms. The molecule has 16 heavy (non-hydrogen) atoms. The maximum absolute atomic E-state index is 4.28. The number of rotatable bonds is 1.